The molecule has 5 aromatic heterocycles. The smallest absolute Gasteiger partial charge is 0.231 e. The van der Waals surface area contributed by atoms with Gasteiger partial charge in [0, 0.05) is 48.8 Å². The summed E-state index contributed by atoms with van der Waals surface area (Å²) in [6.45, 7) is 0. The molecule has 12 rings (SSSR count). The molecule has 0 aliphatic rings. The highest BCUT2D eigenvalue weighted by Gasteiger charge is 2.24. The minimum atomic E-state index is 0.508. The third-order valence-corrected chi connectivity index (χ3v) is 10.3. The summed E-state index contributed by atoms with van der Waals surface area (Å²) < 4.78 is 25.5. The highest BCUT2D eigenvalue weighted by molar-refractivity contribution is 6.20. The lowest BCUT2D eigenvalue weighted by Gasteiger charge is -2.09. The first-order valence-corrected chi connectivity index (χ1v) is 17.2. The summed E-state index contributed by atoms with van der Waals surface area (Å²) in [5.41, 5.74) is 10.9. The lowest BCUT2D eigenvalue weighted by Crippen LogP contribution is -1.95. The monoisotopic (exact) mass is 668 g/mol. The van der Waals surface area contributed by atoms with Crippen molar-refractivity contribution in [1.29, 1.82) is 0 Å². The van der Waals surface area contributed by atoms with E-state index in [1.54, 1.807) is 0 Å². The topological polar surface area (TPSA) is 78.3 Å². The second-order valence-electron chi connectivity index (χ2n) is 13.2. The van der Waals surface area contributed by atoms with Crippen molar-refractivity contribution < 1.29 is 17.7 Å². The van der Waals surface area contributed by atoms with Gasteiger partial charge in [-0.1, -0.05) is 97.1 Å². The minimum Gasteiger partial charge on any atom is -0.456 e. The van der Waals surface area contributed by atoms with Crippen LogP contribution in [0.3, 0.4) is 0 Å². The highest BCUT2D eigenvalue weighted by atomic mass is 16.3. The van der Waals surface area contributed by atoms with Crippen LogP contribution in [-0.2, 0) is 0 Å². The van der Waals surface area contributed by atoms with Gasteiger partial charge >= 0.3 is 0 Å². The standard InChI is InChI=1S/C46H24N2O4/c1-4-16-33-27(10-1)40-26(13-7-19-37(40)49-33)25-22-23-36-32(24-25)43-44(30-14-8-20-38-41(30)28-11-2-5-17-34(28)50-38)47-45(48-46(43)52-36)31-15-9-21-39-42(31)29-12-3-6-18-35(29)51-39/h1-24H. The van der Waals surface area contributed by atoms with Crippen molar-refractivity contribution >= 4 is 87.9 Å². The Labute approximate surface area is 294 Å². The van der Waals surface area contributed by atoms with Crippen molar-refractivity contribution in [3.8, 4) is 33.8 Å². The maximum atomic E-state index is 6.66. The molecular formula is C46H24N2O4. The number of rotatable bonds is 3. The van der Waals surface area contributed by atoms with E-state index in [-0.39, 0.29) is 0 Å². The summed E-state index contributed by atoms with van der Waals surface area (Å²) in [4.78, 5) is 10.6. The molecule has 5 heterocycles. The molecule has 0 aliphatic carbocycles. The molecule has 0 radical (unpaired) electrons. The van der Waals surface area contributed by atoms with Crippen LogP contribution in [0.15, 0.2) is 163 Å². The first-order chi connectivity index (χ1) is 25.8. The number of nitrogens with zero attached hydrogens (tertiary/aromatic N) is 2. The lowest BCUT2D eigenvalue weighted by molar-refractivity contribution is 0.653. The van der Waals surface area contributed by atoms with Crippen LogP contribution in [0.25, 0.3) is 122 Å². The molecule has 0 fully saturated rings. The number of fused-ring (bicyclic) bond motifs is 12. The molecule has 0 unspecified atom stereocenters. The molecule has 7 aromatic carbocycles. The molecule has 0 aliphatic heterocycles. The molecule has 6 nitrogen and oxygen atoms in total. The average molecular weight is 669 g/mol. The van der Waals surface area contributed by atoms with Gasteiger partial charge in [-0.3, -0.25) is 0 Å². The van der Waals surface area contributed by atoms with Crippen molar-refractivity contribution in [3.05, 3.63) is 146 Å². The summed E-state index contributed by atoms with van der Waals surface area (Å²) in [6, 6.07) is 49.2. The molecule has 0 N–H and O–H groups in total. The van der Waals surface area contributed by atoms with Crippen LogP contribution < -0.4 is 0 Å². The van der Waals surface area contributed by atoms with E-state index in [1.165, 1.54) is 0 Å². The summed E-state index contributed by atoms with van der Waals surface area (Å²) in [5, 5.41) is 7.93. The van der Waals surface area contributed by atoms with Crippen LogP contribution in [0, 0.1) is 0 Å². The first kappa shape index (κ1) is 27.6. The summed E-state index contributed by atoms with van der Waals surface area (Å²) in [6.07, 6.45) is 0. The van der Waals surface area contributed by atoms with Crippen LogP contribution in [0.1, 0.15) is 0 Å². The fourth-order valence-electron chi connectivity index (χ4n) is 8.11. The molecule has 0 spiro atoms. The van der Waals surface area contributed by atoms with Crippen LogP contribution in [0.2, 0.25) is 0 Å². The summed E-state index contributed by atoms with van der Waals surface area (Å²) >= 11 is 0. The molecule has 6 heteroatoms. The van der Waals surface area contributed by atoms with Gasteiger partial charge in [0.15, 0.2) is 5.82 Å². The summed E-state index contributed by atoms with van der Waals surface area (Å²) in [5.74, 6) is 0.554. The Morgan fingerprint density at radius 2 is 0.808 bits per heavy atom. The largest absolute Gasteiger partial charge is 0.456 e. The predicted molar refractivity (Wildman–Crippen MR) is 207 cm³/mol. The number of aromatic nitrogens is 2. The number of hydrogen-bond donors (Lipinski definition) is 0. The van der Waals surface area contributed by atoms with Gasteiger partial charge in [0.1, 0.15) is 39.1 Å². The quantitative estimate of drug-likeness (QED) is 0.186. The van der Waals surface area contributed by atoms with E-state index in [0.717, 1.165) is 110 Å². The Kier molecular flexibility index (Phi) is 5.41. The Balaban J connectivity index is 1.19. The van der Waals surface area contributed by atoms with E-state index in [1.807, 2.05) is 91.0 Å². The van der Waals surface area contributed by atoms with Crippen molar-refractivity contribution in [2.24, 2.45) is 0 Å². The normalized spacial score (nSPS) is 12.2. The molecule has 0 atom stereocenters. The Bertz CT molecular complexity index is 3430. The van der Waals surface area contributed by atoms with Gasteiger partial charge in [0.05, 0.1) is 11.1 Å². The third-order valence-electron chi connectivity index (χ3n) is 10.3. The second-order valence-corrected chi connectivity index (χ2v) is 13.2. The summed E-state index contributed by atoms with van der Waals surface area (Å²) in [7, 11) is 0. The van der Waals surface area contributed by atoms with Gasteiger partial charge in [-0.2, -0.15) is 4.98 Å². The van der Waals surface area contributed by atoms with E-state index in [9.17, 15) is 0 Å². The molecule has 0 saturated heterocycles. The minimum absolute atomic E-state index is 0.508. The van der Waals surface area contributed by atoms with Gasteiger partial charge in [-0.15, -0.1) is 0 Å². The molecule has 0 amide bonds. The first-order valence-electron chi connectivity index (χ1n) is 17.2. The second kappa shape index (κ2) is 10.2. The number of benzene rings is 7. The molecule has 0 bridgehead atoms. The van der Waals surface area contributed by atoms with E-state index in [0.29, 0.717) is 11.5 Å². The molecule has 12 aromatic rings. The lowest BCUT2D eigenvalue weighted by atomic mass is 9.96. The predicted octanol–water partition coefficient (Wildman–Crippen LogP) is 13.1. The zero-order chi connectivity index (χ0) is 33.9. The van der Waals surface area contributed by atoms with E-state index >= 15 is 0 Å². The molecule has 0 saturated carbocycles. The average Bonchev–Trinajstić information content (AvgIpc) is 3.96. The van der Waals surface area contributed by atoms with Gasteiger partial charge in [0.2, 0.25) is 5.71 Å². The van der Waals surface area contributed by atoms with E-state index < -0.39 is 0 Å². The Hall–Kier alpha value is -7.18. The number of para-hydroxylation sites is 3. The Morgan fingerprint density at radius 3 is 1.42 bits per heavy atom. The number of furan rings is 4. The van der Waals surface area contributed by atoms with E-state index in [4.69, 9.17) is 27.6 Å². The van der Waals surface area contributed by atoms with Crippen molar-refractivity contribution in [1.82, 2.24) is 9.97 Å². The maximum absolute atomic E-state index is 6.66. The van der Waals surface area contributed by atoms with Crippen molar-refractivity contribution in [2.75, 3.05) is 0 Å². The zero-order valence-corrected chi connectivity index (χ0v) is 27.4. The van der Waals surface area contributed by atoms with Gasteiger partial charge in [0.25, 0.3) is 0 Å². The van der Waals surface area contributed by atoms with Crippen LogP contribution in [0.4, 0.5) is 0 Å². The molecule has 242 valence electrons. The van der Waals surface area contributed by atoms with Crippen LogP contribution in [-0.4, -0.2) is 9.97 Å². The third kappa shape index (κ3) is 3.78. The van der Waals surface area contributed by atoms with E-state index in [2.05, 4.69) is 54.6 Å². The fourth-order valence-corrected chi connectivity index (χ4v) is 8.11. The molecule has 52 heavy (non-hydrogen) atoms. The van der Waals surface area contributed by atoms with Crippen LogP contribution in [0.5, 0.6) is 0 Å². The number of hydrogen-bond acceptors (Lipinski definition) is 6. The fraction of sp³-hybridized carbons (Fsp3) is 0. The van der Waals surface area contributed by atoms with Gasteiger partial charge in [-0.05, 0) is 59.7 Å². The zero-order valence-electron chi connectivity index (χ0n) is 27.4. The van der Waals surface area contributed by atoms with Crippen LogP contribution >= 0.6 is 0 Å². The Morgan fingerprint density at radius 1 is 0.327 bits per heavy atom. The maximum Gasteiger partial charge on any atom is 0.231 e. The van der Waals surface area contributed by atoms with Gasteiger partial charge < -0.3 is 17.7 Å². The van der Waals surface area contributed by atoms with Gasteiger partial charge in [-0.25, -0.2) is 4.98 Å². The SMILES string of the molecule is c1ccc2c(c1)oc1cccc(-c3ccc4oc5nc(-c6cccc7oc8ccccc8c67)nc(-c6cccc7oc8ccccc8c67)c5c4c3)c12. The van der Waals surface area contributed by atoms with Crippen molar-refractivity contribution in [2.45, 2.75) is 0 Å². The van der Waals surface area contributed by atoms with Crippen molar-refractivity contribution in [3.63, 3.8) is 0 Å². The molecular weight excluding hydrogens is 645 g/mol. The highest BCUT2D eigenvalue weighted by Crippen LogP contribution is 2.45.